The van der Waals surface area contributed by atoms with Crippen LogP contribution in [0.1, 0.15) is 41.5 Å². The van der Waals surface area contributed by atoms with Crippen molar-refractivity contribution in [2.45, 2.75) is 31.2 Å². The van der Waals surface area contributed by atoms with Gasteiger partial charge in [0.2, 0.25) is 0 Å². The Balaban J connectivity index is 1.29. The summed E-state index contributed by atoms with van der Waals surface area (Å²) in [6.07, 6.45) is 11.7. The zero-order valence-electron chi connectivity index (χ0n) is 16.5. The molecule has 2 aliphatic rings. The van der Waals surface area contributed by atoms with Crippen molar-refractivity contribution < 1.29 is 4.74 Å². The van der Waals surface area contributed by atoms with Crippen LogP contribution in [-0.2, 0) is 6.42 Å². The highest BCUT2D eigenvalue weighted by molar-refractivity contribution is 5.61. The molecule has 5 rings (SSSR count). The SMILES string of the molecule is C1=CC2c3cc(OCCCc4ccccc4)ccc3NC(c3cccnc3)C2C1. The van der Waals surface area contributed by atoms with Crippen LogP contribution in [0.2, 0.25) is 0 Å². The molecule has 3 heteroatoms. The Morgan fingerprint density at radius 1 is 1.03 bits per heavy atom. The van der Waals surface area contributed by atoms with Crippen LogP contribution in [0.4, 0.5) is 5.69 Å². The molecule has 1 aromatic heterocycles. The van der Waals surface area contributed by atoms with Crippen LogP contribution in [0.3, 0.4) is 0 Å². The lowest BCUT2D eigenvalue weighted by atomic mass is 9.77. The van der Waals surface area contributed by atoms with E-state index in [1.165, 1.54) is 22.4 Å². The highest BCUT2D eigenvalue weighted by atomic mass is 16.5. The van der Waals surface area contributed by atoms with Gasteiger partial charge in [0.25, 0.3) is 0 Å². The van der Waals surface area contributed by atoms with Gasteiger partial charge in [-0.15, -0.1) is 0 Å². The van der Waals surface area contributed by atoms with Gasteiger partial charge in [0.05, 0.1) is 12.6 Å². The molecule has 0 amide bonds. The average Bonchev–Trinajstić information content (AvgIpc) is 3.28. The normalized spacial score (nSPS) is 21.9. The second-order valence-corrected chi connectivity index (χ2v) is 7.95. The molecular weight excluding hydrogens is 356 g/mol. The van der Waals surface area contributed by atoms with E-state index in [4.69, 9.17) is 4.74 Å². The van der Waals surface area contributed by atoms with E-state index in [-0.39, 0.29) is 0 Å². The predicted octanol–water partition coefficient (Wildman–Crippen LogP) is 5.92. The number of rotatable bonds is 6. The highest BCUT2D eigenvalue weighted by Crippen LogP contribution is 2.50. The van der Waals surface area contributed by atoms with Gasteiger partial charge >= 0.3 is 0 Å². The minimum Gasteiger partial charge on any atom is -0.494 e. The van der Waals surface area contributed by atoms with Crippen LogP contribution >= 0.6 is 0 Å². The molecule has 0 spiro atoms. The third kappa shape index (κ3) is 3.77. The maximum atomic E-state index is 6.09. The van der Waals surface area contributed by atoms with Gasteiger partial charge in [-0.05, 0) is 66.1 Å². The van der Waals surface area contributed by atoms with Gasteiger partial charge in [0.15, 0.2) is 0 Å². The molecule has 2 heterocycles. The smallest absolute Gasteiger partial charge is 0.119 e. The van der Waals surface area contributed by atoms with Gasteiger partial charge in [-0.3, -0.25) is 4.98 Å². The molecular formula is C26H26N2O. The molecule has 1 aliphatic heterocycles. The van der Waals surface area contributed by atoms with Gasteiger partial charge in [-0.1, -0.05) is 48.6 Å². The van der Waals surface area contributed by atoms with Crippen molar-refractivity contribution in [2.75, 3.05) is 11.9 Å². The Morgan fingerprint density at radius 2 is 1.97 bits per heavy atom. The molecule has 0 bridgehead atoms. The van der Waals surface area contributed by atoms with Gasteiger partial charge < -0.3 is 10.1 Å². The second-order valence-electron chi connectivity index (χ2n) is 7.95. The van der Waals surface area contributed by atoms with Crippen molar-refractivity contribution in [3.63, 3.8) is 0 Å². The monoisotopic (exact) mass is 382 g/mol. The van der Waals surface area contributed by atoms with Crippen LogP contribution in [-0.4, -0.2) is 11.6 Å². The lowest BCUT2D eigenvalue weighted by molar-refractivity contribution is 0.310. The summed E-state index contributed by atoms with van der Waals surface area (Å²) in [4.78, 5) is 4.33. The van der Waals surface area contributed by atoms with Gasteiger partial charge in [0, 0.05) is 24.0 Å². The molecule has 1 N–H and O–H groups in total. The van der Waals surface area contributed by atoms with Gasteiger partial charge in [-0.2, -0.15) is 0 Å². The first kappa shape index (κ1) is 18.0. The minimum atomic E-state index is 0.300. The summed E-state index contributed by atoms with van der Waals surface area (Å²) in [6.45, 7) is 0.739. The van der Waals surface area contributed by atoms with Crippen LogP contribution in [0, 0.1) is 5.92 Å². The molecule has 29 heavy (non-hydrogen) atoms. The van der Waals surface area contributed by atoms with Crippen LogP contribution < -0.4 is 10.1 Å². The number of allylic oxidation sites excluding steroid dienone is 2. The number of benzene rings is 2. The van der Waals surface area contributed by atoms with E-state index in [2.05, 4.69) is 77.1 Å². The molecule has 3 unspecified atom stereocenters. The highest BCUT2D eigenvalue weighted by Gasteiger charge is 2.38. The van der Waals surface area contributed by atoms with Crippen LogP contribution in [0.15, 0.2) is 85.2 Å². The van der Waals surface area contributed by atoms with Crippen molar-refractivity contribution in [3.05, 3.63) is 102 Å². The fourth-order valence-corrected chi connectivity index (χ4v) is 4.66. The summed E-state index contributed by atoms with van der Waals surface area (Å²) in [5.41, 5.74) is 5.19. The Morgan fingerprint density at radius 3 is 2.83 bits per heavy atom. The fraction of sp³-hybridized carbons (Fsp3) is 0.269. The molecule has 3 nitrogen and oxygen atoms in total. The minimum absolute atomic E-state index is 0.300. The lowest BCUT2D eigenvalue weighted by Gasteiger charge is -2.37. The zero-order chi connectivity index (χ0) is 19.5. The van der Waals surface area contributed by atoms with Gasteiger partial charge in [0.1, 0.15) is 5.75 Å². The second kappa shape index (κ2) is 8.12. The number of aromatic nitrogens is 1. The third-order valence-electron chi connectivity index (χ3n) is 6.10. The van der Waals surface area contributed by atoms with Crippen molar-refractivity contribution >= 4 is 5.69 Å². The van der Waals surface area contributed by atoms with E-state index in [1.54, 1.807) is 0 Å². The summed E-state index contributed by atoms with van der Waals surface area (Å²) >= 11 is 0. The first-order valence-corrected chi connectivity index (χ1v) is 10.5. The number of ether oxygens (including phenoxy) is 1. The summed E-state index contributed by atoms with van der Waals surface area (Å²) < 4.78 is 6.09. The van der Waals surface area contributed by atoms with Crippen molar-refractivity contribution in [1.82, 2.24) is 4.98 Å². The number of nitrogens with zero attached hydrogens (tertiary/aromatic N) is 1. The maximum Gasteiger partial charge on any atom is 0.119 e. The summed E-state index contributed by atoms with van der Waals surface area (Å²) in [7, 11) is 0. The number of fused-ring (bicyclic) bond motifs is 3. The third-order valence-corrected chi connectivity index (χ3v) is 6.10. The number of nitrogens with one attached hydrogen (secondary N) is 1. The molecule has 0 saturated heterocycles. The topological polar surface area (TPSA) is 34.1 Å². The van der Waals surface area contributed by atoms with Gasteiger partial charge in [-0.25, -0.2) is 0 Å². The first-order valence-electron chi connectivity index (χ1n) is 10.5. The molecule has 1 aliphatic carbocycles. The fourth-order valence-electron chi connectivity index (χ4n) is 4.66. The van der Waals surface area contributed by atoms with E-state index in [0.29, 0.717) is 17.9 Å². The van der Waals surface area contributed by atoms with E-state index in [0.717, 1.165) is 31.6 Å². The summed E-state index contributed by atoms with van der Waals surface area (Å²) in [5, 5.41) is 3.77. The summed E-state index contributed by atoms with van der Waals surface area (Å²) in [6, 6.07) is 21.6. The first-order chi connectivity index (χ1) is 14.4. The number of anilines is 1. The van der Waals surface area contributed by atoms with Crippen molar-refractivity contribution in [1.29, 1.82) is 0 Å². The van der Waals surface area contributed by atoms with Crippen molar-refractivity contribution in [2.24, 2.45) is 5.92 Å². The Kier molecular flexibility index (Phi) is 5.04. The molecule has 0 saturated carbocycles. The molecule has 0 fully saturated rings. The molecule has 3 aromatic rings. The van der Waals surface area contributed by atoms with Crippen LogP contribution in [0.5, 0.6) is 5.75 Å². The maximum absolute atomic E-state index is 6.09. The number of hydrogen-bond acceptors (Lipinski definition) is 3. The average molecular weight is 383 g/mol. The molecule has 2 aromatic carbocycles. The molecule has 3 atom stereocenters. The molecule has 0 radical (unpaired) electrons. The van der Waals surface area contributed by atoms with Crippen LogP contribution in [0.25, 0.3) is 0 Å². The zero-order valence-corrected chi connectivity index (χ0v) is 16.5. The Hall–Kier alpha value is -3.07. The lowest BCUT2D eigenvalue weighted by Crippen LogP contribution is -2.29. The Labute approximate surface area is 172 Å². The van der Waals surface area contributed by atoms with Crippen molar-refractivity contribution in [3.8, 4) is 5.75 Å². The standard InChI is InChI=1S/C26H26N2O/c1-2-7-19(8-3-1)9-6-16-29-21-13-14-25-24(17-21)22-11-4-12-23(22)26(28-25)20-10-5-15-27-18-20/h1-5,7-8,10-11,13-15,17-18,22-23,26,28H,6,9,12,16H2. The van der Waals surface area contributed by atoms with E-state index >= 15 is 0 Å². The van der Waals surface area contributed by atoms with E-state index in [9.17, 15) is 0 Å². The predicted molar refractivity (Wildman–Crippen MR) is 117 cm³/mol. The van der Waals surface area contributed by atoms with E-state index < -0.39 is 0 Å². The number of pyridine rings is 1. The largest absolute Gasteiger partial charge is 0.494 e. The Bertz CT molecular complexity index is 984. The molecule has 146 valence electrons. The van der Waals surface area contributed by atoms with E-state index in [1.807, 2.05) is 18.5 Å². The summed E-state index contributed by atoms with van der Waals surface area (Å²) in [5.74, 6) is 1.93. The number of aryl methyl sites for hydroxylation is 1. The quantitative estimate of drug-likeness (QED) is 0.424. The number of hydrogen-bond donors (Lipinski definition) is 1.